The van der Waals surface area contributed by atoms with Gasteiger partial charge >= 0.3 is 6.09 Å². The summed E-state index contributed by atoms with van der Waals surface area (Å²) in [5, 5.41) is 2.66. The third-order valence-electron chi connectivity index (χ3n) is 3.02. The number of ether oxygens (including phenoxy) is 2. The first-order chi connectivity index (χ1) is 11.4. The highest BCUT2D eigenvalue weighted by atomic mass is 16.6. The van der Waals surface area contributed by atoms with Crippen LogP contribution in [-0.2, 0) is 11.3 Å². The lowest BCUT2D eigenvalue weighted by molar-refractivity contribution is 0.0636. The summed E-state index contributed by atoms with van der Waals surface area (Å²) in [5.41, 5.74) is 1.70. The van der Waals surface area contributed by atoms with E-state index in [0.29, 0.717) is 23.6 Å². The zero-order chi connectivity index (χ0) is 17.6. The van der Waals surface area contributed by atoms with Crippen molar-refractivity contribution in [1.82, 2.24) is 0 Å². The Morgan fingerprint density at radius 2 is 1.67 bits per heavy atom. The van der Waals surface area contributed by atoms with Crippen molar-refractivity contribution in [1.29, 1.82) is 0 Å². The number of anilines is 1. The lowest BCUT2D eigenvalue weighted by Crippen LogP contribution is -2.27. The van der Waals surface area contributed by atoms with Crippen molar-refractivity contribution >= 4 is 18.1 Å². The second kappa shape index (κ2) is 7.64. The summed E-state index contributed by atoms with van der Waals surface area (Å²) in [6, 6.07) is 14.2. The lowest BCUT2D eigenvalue weighted by atomic mass is 10.2. The highest BCUT2D eigenvalue weighted by molar-refractivity contribution is 5.84. The molecule has 0 bridgehead atoms. The molecule has 24 heavy (non-hydrogen) atoms. The molecule has 0 aliphatic heterocycles. The number of hydrogen-bond acceptors (Lipinski definition) is 4. The van der Waals surface area contributed by atoms with Gasteiger partial charge in [-0.15, -0.1) is 0 Å². The zero-order valence-electron chi connectivity index (χ0n) is 14.0. The summed E-state index contributed by atoms with van der Waals surface area (Å²) in [6.07, 6.45) is 0.313. The van der Waals surface area contributed by atoms with E-state index in [1.807, 2.05) is 32.9 Å². The number of benzene rings is 2. The number of carbonyl (C=O) groups is 2. The smallest absolute Gasteiger partial charge is 0.412 e. The van der Waals surface area contributed by atoms with Crippen molar-refractivity contribution in [3.05, 3.63) is 59.7 Å². The fourth-order valence-corrected chi connectivity index (χ4v) is 1.92. The van der Waals surface area contributed by atoms with Gasteiger partial charge in [0, 0.05) is 11.3 Å². The van der Waals surface area contributed by atoms with Gasteiger partial charge in [-0.05, 0) is 50.6 Å². The fourth-order valence-electron chi connectivity index (χ4n) is 1.92. The molecule has 0 aliphatic rings. The van der Waals surface area contributed by atoms with Crippen molar-refractivity contribution in [2.45, 2.75) is 33.0 Å². The molecular formula is C19H21NO4. The number of nitrogens with one attached hydrogen (secondary N) is 1. The molecule has 0 saturated heterocycles. The molecule has 1 amide bonds. The van der Waals surface area contributed by atoms with E-state index in [9.17, 15) is 9.59 Å². The van der Waals surface area contributed by atoms with Gasteiger partial charge in [0.1, 0.15) is 24.2 Å². The number of hydrogen-bond donors (Lipinski definition) is 1. The summed E-state index contributed by atoms with van der Waals surface area (Å²) < 4.78 is 10.9. The van der Waals surface area contributed by atoms with Crippen LogP contribution in [0.1, 0.15) is 36.7 Å². The highest BCUT2D eigenvalue weighted by Crippen LogP contribution is 2.18. The molecule has 0 aromatic heterocycles. The van der Waals surface area contributed by atoms with Crippen LogP contribution in [0.15, 0.2) is 48.5 Å². The van der Waals surface area contributed by atoms with Crippen molar-refractivity contribution in [3.63, 3.8) is 0 Å². The Kier molecular flexibility index (Phi) is 5.58. The molecule has 2 aromatic rings. The fraction of sp³-hybridized carbons (Fsp3) is 0.263. The predicted molar refractivity (Wildman–Crippen MR) is 92.5 cm³/mol. The quantitative estimate of drug-likeness (QED) is 0.825. The first-order valence-corrected chi connectivity index (χ1v) is 7.63. The highest BCUT2D eigenvalue weighted by Gasteiger charge is 2.16. The minimum Gasteiger partial charge on any atom is -0.489 e. The van der Waals surface area contributed by atoms with Crippen LogP contribution < -0.4 is 10.1 Å². The predicted octanol–water partition coefficient (Wildman–Crippen LogP) is 4.43. The number of carbonyl (C=O) groups excluding carboxylic acids is 2. The van der Waals surface area contributed by atoms with Crippen molar-refractivity contribution in [2.24, 2.45) is 0 Å². The maximum Gasteiger partial charge on any atom is 0.412 e. The van der Waals surface area contributed by atoms with Crippen LogP contribution in [0.2, 0.25) is 0 Å². The van der Waals surface area contributed by atoms with E-state index in [1.165, 1.54) is 0 Å². The van der Waals surface area contributed by atoms with Gasteiger partial charge < -0.3 is 9.47 Å². The second-order valence-corrected chi connectivity index (χ2v) is 6.30. The molecule has 0 saturated carbocycles. The minimum atomic E-state index is -0.535. The molecule has 5 heteroatoms. The van der Waals surface area contributed by atoms with Crippen LogP contribution in [-0.4, -0.2) is 18.0 Å². The van der Waals surface area contributed by atoms with Crippen LogP contribution in [0.3, 0.4) is 0 Å². The molecular weight excluding hydrogens is 306 g/mol. The lowest BCUT2D eigenvalue weighted by Gasteiger charge is -2.19. The molecule has 0 spiro atoms. The molecule has 0 atom stereocenters. The Balaban J connectivity index is 1.87. The SMILES string of the molecule is CC(C)(C)OC(=O)Nc1ccc(OCc2ccc(C=O)cc2)cc1. The molecule has 0 unspecified atom stereocenters. The normalized spacial score (nSPS) is 10.8. The Morgan fingerprint density at radius 3 is 2.21 bits per heavy atom. The van der Waals surface area contributed by atoms with E-state index in [0.717, 1.165) is 11.8 Å². The molecule has 0 fully saturated rings. The molecule has 0 heterocycles. The van der Waals surface area contributed by atoms with E-state index < -0.39 is 11.7 Å². The number of aldehydes is 1. The van der Waals surface area contributed by atoms with Crippen molar-refractivity contribution < 1.29 is 19.1 Å². The van der Waals surface area contributed by atoms with E-state index >= 15 is 0 Å². The third kappa shape index (κ3) is 5.76. The van der Waals surface area contributed by atoms with Gasteiger partial charge in [0.2, 0.25) is 0 Å². The topological polar surface area (TPSA) is 64.6 Å². The molecule has 126 valence electrons. The molecule has 0 aliphatic carbocycles. The van der Waals surface area contributed by atoms with Crippen LogP contribution >= 0.6 is 0 Å². The molecule has 2 aromatic carbocycles. The summed E-state index contributed by atoms with van der Waals surface area (Å²) in [5.74, 6) is 0.684. The Labute approximate surface area is 141 Å². The van der Waals surface area contributed by atoms with Gasteiger partial charge in [0.05, 0.1) is 0 Å². The van der Waals surface area contributed by atoms with Gasteiger partial charge in [0.25, 0.3) is 0 Å². The monoisotopic (exact) mass is 327 g/mol. The van der Waals surface area contributed by atoms with Gasteiger partial charge in [-0.3, -0.25) is 10.1 Å². The van der Waals surface area contributed by atoms with E-state index in [4.69, 9.17) is 9.47 Å². The Hall–Kier alpha value is -2.82. The summed E-state index contributed by atoms with van der Waals surface area (Å²) in [6.45, 7) is 5.83. The Bertz CT molecular complexity index is 685. The van der Waals surface area contributed by atoms with E-state index in [-0.39, 0.29) is 0 Å². The van der Waals surface area contributed by atoms with Gasteiger partial charge in [0.15, 0.2) is 0 Å². The molecule has 5 nitrogen and oxygen atoms in total. The second-order valence-electron chi connectivity index (χ2n) is 6.30. The van der Waals surface area contributed by atoms with Crippen LogP contribution in [0, 0.1) is 0 Å². The van der Waals surface area contributed by atoms with Crippen molar-refractivity contribution in [2.75, 3.05) is 5.32 Å². The number of amides is 1. The average molecular weight is 327 g/mol. The molecule has 0 radical (unpaired) electrons. The van der Waals surface area contributed by atoms with Crippen molar-refractivity contribution in [3.8, 4) is 5.75 Å². The summed E-state index contributed by atoms with van der Waals surface area (Å²) in [4.78, 5) is 22.3. The van der Waals surface area contributed by atoms with Gasteiger partial charge in [-0.25, -0.2) is 4.79 Å². The number of rotatable bonds is 5. The largest absolute Gasteiger partial charge is 0.489 e. The summed E-state index contributed by atoms with van der Waals surface area (Å²) >= 11 is 0. The maximum absolute atomic E-state index is 11.7. The third-order valence-corrected chi connectivity index (χ3v) is 3.02. The van der Waals surface area contributed by atoms with Crippen LogP contribution in [0.4, 0.5) is 10.5 Å². The average Bonchev–Trinajstić information content (AvgIpc) is 2.53. The standard InChI is InChI=1S/C19H21NO4/c1-19(2,3)24-18(22)20-16-8-10-17(11-9-16)23-13-15-6-4-14(12-21)5-7-15/h4-12H,13H2,1-3H3,(H,20,22). The molecule has 1 N–H and O–H groups in total. The first kappa shape index (κ1) is 17.5. The van der Waals surface area contributed by atoms with Gasteiger partial charge in [-0.2, -0.15) is 0 Å². The maximum atomic E-state index is 11.7. The van der Waals surface area contributed by atoms with Crippen LogP contribution in [0.25, 0.3) is 0 Å². The molecule has 2 rings (SSSR count). The zero-order valence-corrected chi connectivity index (χ0v) is 14.0. The summed E-state index contributed by atoms with van der Waals surface area (Å²) in [7, 11) is 0. The van der Waals surface area contributed by atoms with Crippen LogP contribution in [0.5, 0.6) is 5.75 Å². The first-order valence-electron chi connectivity index (χ1n) is 7.63. The Morgan fingerprint density at radius 1 is 1.04 bits per heavy atom. The minimum absolute atomic E-state index is 0.401. The van der Waals surface area contributed by atoms with E-state index in [2.05, 4.69) is 5.32 Å². The van der Waals surface area contributed by atoms with E-state index in [1.54, 1.807) is 36.4 Å². The van der Waals surface area contributed by atoms with Gasteiger partial charge in [-0.1, -0.05) is 24.3 Å².